The molecule has 0 saturated heterocycles. The van der Waals surface area contributed by atoms with Crippen LogP contribution in [0.1, 0.15) is 11.1 Å². The Hall–Kier alpha value is -1.29. The lowest BCUT2D eigenvalue weighted by molar-refractivity contribution is 0.317. The van der Waals surface area contributed by atoms with Gasteiger partial charge in [-0.2, -0.15) is 0 Å². The summed E-state index contributed by atoms with van der Waals surface area (Å²) in [5.41, 5.74) is 1.70. The van der Waals surface area contributed by atoms with Gasteiger partial charge < -0.3 is 4.98 Å². The molecule has 0 amide bonds. The molecular weight excluding hydrogens is 283 g/mol. The Labute approximate surface area is 121 Å². The van der Waals surface area contributed by atoms with Gasteiger partial charge >= 0.3 is 0 Å². The van der Waals surface area contributed by atoms with Crippen molar-refractivity contribution in [2.75, 3.05) is 7.05 Å². The third-order valence-electron chi connectivity index (χ3n) is 2.76. The van der Waals surface area contributed by atoms with Crippen LogP contribution in [0.3, 0.4) is 0 Å². The topological polar surface area (TPSA) is 36.1 Å². The summed E-state index contributed by atoms with van der Waals surface area (Å²) in [6, 6.07) is 11.1. The molecule has 0 bridgehead atoms. The maximum atomic E-state index is 11.7. The molecule has 2 aromatic rings. The Bertz CT molecular complexity index is 608. The van der Waals surface area contributed by atoms with Crippen molar-refractivity contribution in [1.82, 2.24) is 9.88 Å². The molecule has 0 aliphatic heterocycles. The summed E-state index contributed by atoms with van der Waals surface area (Å²) in [6.07, 6.45) is 0. The number of nitrogens with zero attached hydrogens (tertiary/aromatic N) is 1. The maximum Gasteiger partial charge on any atom is 0.253 e. The van der Waals surface area contributed by atoms with Crippen molar-refractivity contribution in [2.45, 2.75) is 13.1 Å². The van der Waals surface area contributed by atoms with E-state index in [2.05, 4.69) is 9.88 Å². The fourth-order valence-electron chi connectivity index (χ4n) is 1.85. The standard InChI is InChI=1S/C14H14Cl2N2O/c1-18(8-10-2-5-12(15)6-3-10)9-11-4-7-13(16)17-14(11)19/h2-7H,8-9H2,1H3,(H,17,19). The summed E-state index contributed by atoms with van der Waals surface area (Å²) < 4.78 is 0. The van der Waals surface area contributed by atoms with E-state index >= 15 is 0 Å². The van der Waals surface area contributed by atoms with Crippen molar-refractivity contribution in [3.05, 3.63) is 68.1 Å². The number of nitrogens with one attached hydrogen (secondary N) is 1. The molecule has 0 unspecified atom stereocenters. The van der Waals surface area contributed by atoms with Gasteiger partial charge in [-0.05, 0) is 36.9 Å². The van der Waals surface area contributed by atoms with Gasteiger partial charge in [0.15, 0.2) is 0 Å². The molecule has 1 aromatic carbocycles. The van der Waals surface area contributed by atoms with E-state index < -0.39 is 0 Å². The monoisotopic (exact) mass is 296 g/mol. The molecule has 0 spiro atoms. The molecule has 3 nitrogen and oxygen atoms in total. The van der Waals surface area contributed by atoms with Crippen LogP contribution in [0.2, 0.25) is 10.2 Å². The van der Waals surface area contributed by atoms with Crippen molar-refractivity contribution in [1.29, 1.82) is 0 Å². The smallest absolute Gasteiger partial charge is 0.253 e. The summed E-state index contributed by atoms with van der Waals surface area (Å²) in [7, 11) is 1.96. The number of rotatable bonds is 4. The highest BCUT2D eigenvalue weighted by atomic mass is 35.5. The third-order valence-corrected chi connectivity index (χ3v) is 3.23. The van der Waals surface area contributed by atoms with Crippen molar-refractivity contribution in [3.8, 4) is 0 Å². The summed E-state index contributed by atoms with van der Waals surface area (Å²) in [5.74, 6) is 0. The molecule has 5 heteroatoms. The maximum absolute atomic E-state index is 11.7. The number of pyridine rings is 1. The van der Waals surface area contributed by atoms with E-state index in [-0.39, 0.29) is 5.56 Å². The van der Waals surface area contributed by atoms with Gasteiger partial charge in [-0.15, -0.1) is 0 Å². The quantitative estimate of drug-likeness (QED) is 0.879. The average molecular weight is 297 g/mol. The Morgan fingerprint density at radius 2 is 1.74 bits per heavy atom. The summed E-state index contributed by atoms with van der Waals surface area (Å²) in [5, 5.41) is 1.08. The van der Waals surface area contributed by atoms with Crippen molar-refractivity contribution < 1.29 is 0 Å². The molecular formula is C14H14Cl2N2O. The minimum atomic E-state index is -0.143. The zero-order valence-corrected chi connectivity index (χ0v) is 12.0. The van der Waals surface area contributed by atoms with E-state index in [9.17, 15) is 4.79 Å². The fraction of sp³-hybridized carbons (Fsp3) is 0.214. The lowest BCUT2D eigenvalue weighted by atomic mass is 10.2. The van der Waals surface area contributed by atoms with Crippen LogP contribution >= 0.6 is 23.2 Å². The summed E-state index contributed by atoms with van der Waals surface area (Å²) in [6.45, 7) is 1.31. The van der Waals surface area contributed by atoms with Gasteiger partial charge in [-0.25, -0.2) is 0 Å². The first kappa shape index (κ1) is 14.1. The van der Waals surface area contributed by atoms with Crippen LogP contribution in [0.5, 0.6) is 0 Å². The largest absolute Gasteiger partial charge is 0.313 e. The Balaban J connectivity index is 2.03. The van der Waals surface area contributed by atoms with Gasteiger partial charge in [0.05, 0.1) is 0 Å². The summed E-state index contributed by atoms with van der Waals surface area (Å²) in [4.78, 5) is 16.3. The van der Waals surface area contributed by atoms with E-state index in [1.807, 2.05) is 31.3 Å². The molecule has 0 fully saturated rings. The Morgan fingerprint density at radius 1 is 1.05 bits per heavy atom. The molecule has 1 N–H and O–H groups in total. The molecule has 1 aromatic heterocycles. The van der Waals surface area contributed by atoms with E-state index in [1.165, 1.54) is 0 Å². The van der Waals surface area contributed by atoms with Gasteiger partial charge in [-0.1, -0.05) is 35.3 Å². The van der Waals surface area contributed by atoms with E-state index in [4.69, 9.17) is 23.2 Å². The third kappa shape index (κ3) is 4.10. The Kier molecular flexibility index (Phi) is 4.64. The van der Waals surface area contributed by atoms with Crippen LogP contribution in [0.15, 0.2) is 41.2 Å². The Morgan fingerprint density at radius 3 is 2.37 bits per heavy atom. The summed E-state index contributed by atoms with van der Waals surface area (Å²) >= 11 is 11.6. The van der Waals surface area contributed by atoms with Crippen LogP contribution in [0.25, 0.3) is 0 Å². The molecule has 19 heavy (non-hydrogen) atoms. The molecule has 0 saturated carbocycles. The number of H-pyrrole nitrogens is 1. The van der Waals surface area contributed by atoms with Crippen LogP contribution in [0, 0.1) is 0 Å². The average Bonchev–Trinajstić information content (AvgIpc) is 2.36. The second-order valence-electron chi connectivity index (χ2n) is 4.46. The number of hydrogen-bond donors (Lipinski definition) is 1. The van der Waals surface area contributed by atoms with Gasteiger partial charge in [0.2, 0.25) is 0 Å². The molecule has 2 rings (SSSR count). The number of aromatic nitrogens is 1. The van der Waals surface area contributed by atoms with E-state index in [1.54, 1.807) is 12.1 Å². The van der Waals surface area contributed by atoms with Gasteiger partial charge in [0.1, 0.15) is 5.15 Å². The first-order valence-corrected chi connectivity index (χ1v) is 6.61. The minimum Gasteiger partial charge on any atom is -0.313 e. The first-order chi connectivity index (χ1) is 9.04. The number of halogens is 2. The number of hydrogen-bond acceptors (Lipinski definition) is 2. The SMILES string of the molecule is CN(Cc1ccc(Cl)cc1)Cc1ccc(Cl)[nH]c1=O. The zero-order valence-electron chi connectivity index (χ0n) is 10.5. The lowest BCUT2D eigenvalue weighted by Crippen LogP contribution is -2.23. The number of aromatic amines is 1. The molecule has 0 aliphatic rings. The first-order valence-electron chi connectivity index (χ1n) is 5.85. The molecule has 0 radical (unpaired) electrons. The van der Waals surface area contributed by atoms with Crippen LogP contribution in [-0.2, 0) is 13.1 Å². The van der Waals surface area contributed by atoms with Crippen molar-refractivity contribution >= 4 is 23.2 Å². The highest BCUT2D eigenvalue weighted by Crippen LogP contribution is 2.12. The molecule has 1 heterocycles. The van der Waals surface area contributed by atoms with E-state index in [0.29, 0.717) is 17.3 Å². The van der Waals surface area contributed by atoms with E-state index in [0.717, 1.165) is 17.1 Å². The molecule has 0 atom stereocenters. The van der Waals surface area contributed by atoms with Gasteiger partial charge in [0.25, 0.3) is 5.56 Å². The van der Waals surface area contributed by atoms with Crippen LogP contribution in [0.4, 0.5) is 0 Å². The minimum absolute atomic E-state index is 0.143. The zero-order chi connectivity index (χ0) is 13.8. The van der Waals surface area contributed by atoms with Crippen LogP contribution < -0.4 is 5.56 Å². The molecule has 0 aliphatic carbocycles. The van der Waals surface area contributed by atoms with Crippen LogP contribution in [-0.4, -0.2) is 16.9 Å². The fourth-order valence-corrected chi connectivity index (χ4v) is 2.13. The highest BCUT2D eigenvalue weighted by Gasteiger charge is 2.05. The van der Waals surface area contributed by atoms with Crippen molar-refractivity contribution in [2.24, 2.45) is 0 Å². The normalized spacial score (nSPS) is 10.9. The highest BCUT2D eigenvalue weighted by molar-refractivity contribution is 6.30. The second kappa shape index (κ2) is 6.24. The predicted molar refractivity (Wildman–Crippen MR) is 78.7 cm³/mol. The number of benzene rings is 1. The predicted octanol–water partition coefficient (Wildman–Crippen LogP) is 3.31. The van der Waals surface area contributed by atoms with Gasteiger partial charge in [-0.3, -0.25) is 9.69 Å². The van der Waals surface area contributed by atoms with Gasteiger partial charge in [0, 0.05) is 23.7 Å². The molecule has 100 valence electrons. The second-order valence-corrected chi connectivity index (χ2v) is 5.30. The van der Waals surface area contributed by atoms with Crippen molar-refractivity contribution in [3.63, 3.8) is 0 Å². The lowest BCUT2D eigenvalue weighted by Gasteiger charge is -2.16.